The van der Waals surface area contributed by atoms with Crippen LogP contribution >= 0.6 is 0 Å². The molecule has 0 aliphatic rings. The molecular formula is C9H19NO2. The Hall–Kier alpha value is -0.570. The standard InChI is InChI=1S/C9H19NO2/c1-5-7(3)12-9(11)8(6-2)10-4/h7-8,10H,5-6H2,1-4H3. The van der Waals surface area contributed by atoms with Crippen molar-refractivity contribution in [1.82, 2.24) is 5.32 Å². The van der Waals surface area contributed by atoms with Crippen LogP contribution in [0.4, 0.5) is 0 Å². The highest BCUT2D eigenvalue weighted by Crippen LogP contribution is 2.00. The summed E-state index contributed by atoms with van der Waals surface area (Å²) in [6.07, 6.45) is 1.66. The Bertz CT molecular complexity index is 132. The van der Waals surface area contributed by atoms with Crippen molar-refractivity contribution < 1.29 is 9.53 Å². The molecule has 3 nitrogen and oxygen atoms in total. The van der Waals surface area contributed by atoms with Crippen molar-refractivity contribution >= 4 is 5.97 Å². The average Bonchev–Trinajstić information content (AvgIpc) is 2.06. The zero-order valence-electron chi connectivity index (χ0n) is 8.39. The van der Waals surface area contributed by atoms with E-state index in [1.54, 1.807) is 7.05 Å². The summed E-state index contributed by atoms with van der Waals surface area (Å²) in [7, 11) is 1.77. The highest BCUT2D eigenvalue weighted by molar-refractivity contribution is 5.75. The number of hydrogen-bond acceptors (Lipinski definition) is 3. The Balaban J connectivity index is 3.84. The summed E-state index contributed by atoms with van der Waals surface area (Å²) in [6, 6.07) is -0.154. The number of likely N-dealkylation sites (N-methyl/N-ethyl adjacent to an activating group) is 1. The van der Waals surface area contributed by atoms with E-state index in [9.17, 15) is 4.79 Å². The predicted molar refractivity (Wildman–Crippen MR) is 49.0 cm³/mol. The first kappa shape index (κ1) is 11.4. The molecule has 0 radical (unpaired) electrons. The van der Waals surface area contributed by atoms with Crippen LogP contribution in [0.1, 0.15) is 33.6 Å². The normalized spacial score (nSPS) is 15.3. The molecule has 72 valence electrons. The van der Waals surface area contributed by atoms with Crippen LogP contribution in [0.3, 0.4) is 0 Å². The minimum atomic E-state index is -0.154. The van der Waals surface area contributed by atoms with Crippen LogP contribution in [0.5, 0.6) is 0 Å². The molecule has 0 spiro atoms. The van der Waals surface area contributed by atoms with Gasteiger partial charge in [-0.15, -0.1) is 0 Å². The molecule has 0 heterocycles. The zero-order chi connectivity index (χ0) is 9.56. The Morgan fingerprint density at radius 2 is 2.00 bits per heavy atom. The molecule has 0 fully saturated rings. The summed E-state index contributed by atoms with van der Waals surface area (Å²) in [5.74, 6) is -0.144. The van der Waals surface area contributed by atoms with E-state index in [4.69, 9.17) is 4.74 Å². The molecule has 0 bridgehead atoms. The lowest BCUT2D eigenvalue weighted by molar-refractivity contribution is -0.150. The number of nitrogens with one attached hydrogen (secondary N) is 1. The molecule has 0 aromatic heterocycles. The van der Waals surface area contributed by atoms with Gasteiger partial charge in [0.1, 0.15) is 6.04 Å². The van der Waals surface area contributed by atoms with Gasteiger partial charge in [0.05, 0.1) is 6.10 Å². The fourth-order valence-corrected chi connectivity index (χ4v) is 0.852. The van der Waals surface area contributed by atoms with Crippen LogP contribution in [0.25, 0.3) is 0 Å². The van der Waals surface area contributed by atoms with Crippen LogP contribution in [0.2, 0.25) is 0 Å². The van der Waals surface area contributed by atoms with E-state index >= 15 is 0 Å². The summed E-state index contributed by atoms with van der Waals surface area (Å²) < 4.78 is 5.14. The number of rotatable bonds is 5. The predicted octanol–water partition coefficient (Wildman–Crippen LogP) is 1.33. The highest BCUT2D eigenvalue weighted by atomic mass is 16.5. The smallest absolute Gasteiger partial charge is 0.323 e. The van der Waals surface area contributed by atoms with Crippen molar-refractivity contribution in [3.8, 4) is 0 Å². The summed E-state index contributed by atoms with van der Waals surface area (Å²) in [6.45, 7) is 5.86. The van der Waals surface area contributed by atoms with E-state index in [0.29, 0.717) is 0 Å². The summed E-state index contributed by atoms with van der Waals surface area (Å²) in [4.78, 5) is 11.3. The molecule has 0 saturated heterocycles. The van der Waals surface area contributed by atoms with Crippen LogP contribution in [0.15, 0.2) is 0 Å². The van der Waals surface area contributed by atoms with Crippen molar-refractivity contribution in [2.75, 3.05) is 7.05 Å². The van der Waals surface area contributed by atoms with Crippen LogP contribution in [-0.4, -0.2) is 25.2 Å². The number of carbonyl (C=O) groups excluding carboxylic acids is 1. The molecule has 0 aliphatic carbocycles. The number of esters is 1. The van der Waals surface area contributed by atoms with E-state index in [0.717, 1.165) is 12.8 Å². The topological polar surface area (TPSA) is 38.3 Å². The van der Waals surface area contributed by atoms with Gasteiger partial charge in [0.2, 0.25) is 0 Å². The zero-order valence-corrected chi connectivity index (χ0v) is 8.39. The third kappa shape index (κ3) is 3.72. The summed E-state index contributed by atoms with van der Waals surface area (Å²) in [5.41, 5.74) is 0. The maximum Gasteiger partial charge on any atom is 0.323 e. The fraction of sp³-hybridized carbons (Fsp3) is 0.889. The van der Waals surface area contributed by atoms with Crippen LogP contribution < -0.4 is 5.32 Å². The first-order chi connectivity index (χ1) is 5.65. The van der Waals surface area contributed by atoms with Crippen molar-refractivity contribution in [3.63, 3.8) is 0 Å². The first-order valence-electron chi connectivity index (χ1n) is 4.53. The van der Waals surface area contributed by atoms with Crippen molar-refractivity contribution in [3.05, 3.63) is 0 Å². The minimum absolute atomic E-state index is 0.0277. The monoisotopic (exact) mass is 173 g/mol. The molecule has 0 aromatic carbocycles. The van der Waals surface area contributed by atoms with Gasteiger partial charge in [0.25, 0.3) is 0 Å². The quantitative estimate of drug-likeness (QED) is 0.637. The lowest BCUT2D eigenvalue weighted by Crippen LogP contribution is -2.36. The van der Waals surface area contributed by atoms with E-state index in [1.807, 2.05) is 20.8 Å². The lowest BCUT2D eigenvalue weighted by Gasteiger charge is -2.16. The van der Waals surface area contributed by atoms with Gasteiger partial charge in [-0.25, -0.2) is 0 Å². The van der Waals surface area contributed by atoms with Gasteiger partial charge in [-0.1, -0.05) is 13.8 Å². The Kier molecular flexibility index (Phi) is 5.72. The first-order valence-corrected chi connectivity index (χ1v) is 4.53. The molecule has 3 heteroatoms. The SMILES string of the molecule is CCC(C)OC(=O)C(CC)NC. The van der Waals surface area contributed by atoms with Crippen LogP contribution in [0, 0.1) is 0 Å². The molecule has 0 aromatic rings. The largest absolute Gasteiger partial charge is 0.462 e. The van der Waals surface area contributed by atoms with Crippen molar-refractivity contribution in [1.29, 1.82) is 0 Å². The molecule has 1 N–H and O–H groups in total. The molecule has 2 unspecified atom stereocenters. The number of carbonyl (C=O) groups is 1. The van der Waals surface area contributed by atoms with Gasteiger partial charge < -0.3 is 10.1 Å². The molecule has 2 atom stereocenters. The van der Waals surface area contributed by atoms with Gasteiger partial charge in [-0.05, 0) is 26.8 Å². The Morgan fingerprint density at radius 1 is 1.42 bits per heavy atom. The van der Waals surface area contributed by atoms with E-state index in [2.05, 4.69) is 5.32 Å². The molecule has 0 saturated carbocycles. The third-order valence-electron chi connectivity index (χ3n) is 1.93. The third-order valence-corrected chi connectivity index (χ3v) is 1.93. The van der Waals surface area contributed by atoms with Gasteiger partial charge in [-0.3, -0.25) is 4.79 Å². The molecule has 0 aliphatic heterocycles. The second kappa shape index (κ2) is 6.00. The van der Waals surface area contributed by atoms with Gasteiger partial charge >= 0.3 is 5.97 Å². The second-order valence-corrected chi connectivity index (χ2v) is 2.91. The van der Waals surface area contributed by atoms with E-state index in [-0.39, 0.29) is 18.1 Å². The molecule has 0 rings (SSSR count). The Labute approximate surface area is 74.5 Å². The fourth-order valence-electron chi connectivity index (χ4n) is 0.852. The molecular weight excluding hydrogens is 154 g/mol. The summed E-state index contributed by atoms with van der Waals surface area (Å²) >= 11 is 0. The van der Waals surface area contributed by atoms with Gasteiger partial charge in [-0.2, -0.15) is 0 Å². The highest BCUT2D eigenvalue weighted by Gasteiger charge is 2.16. The number of ether oxygens (including phenoxy) is 1. The lowest BCUT2D eigenvalue weighted by atomic mass is 10.2. The maximum absolute atomic E-state index is 11.3. The minimum Gasteiger partial charge on any atom is -0.462 e. The van der Waals surface area contributed by atoms with Crippen molar-refractivity contribution in [2.24, 2.45) is 0 Å². The number of hydrogen-bond donors (Lipinski definition) is 1. The average molecular weight is 173 g/mol. The second-order valence-electron chi connectivity index (χ2n) is 2.91. The molecule has 12 heavy (non-hydrogen) atoms. The Morgan fingerprint density at radius 3 is 2.33 bits per heavy atom. The van der Waals surface area contributed by atoms with Crippen LogP contribution in [-0.2, 0) is 9.53 Å². The van der Waals surface area contributed by atoms with E-state index < -0.39 is 0 Å². The van der Waals surface area contributed by atoms with Gasteiger partial charge in [0.15, 0.2) is 0 Å². The van der Waals surface area contributed by atoms with Gasteiger partial charge in [0, 0.05) is 0 Å². The van der Waals surface area contributed by atoms with E-state index in [1.165, 1.54) is 0 Å². The van der Waals surface area contributed by atoms with Crippen molar-refractivity contribution in [2.45, 2.75) is 45.8 Å². The maximum atomic E-state index is 11.3. The molecule has 0 amide bonds. The summed E-state index contributed by atoms with van der Waals surface area (Å²) in [5, 5.41) is 2.91.